The first-order valence-electron chi connectivity index (χ1n) is 10.0. The summed E-state index contributed by atoms with van der Waals surface area (Å²) in [6, 6.07) is 13.8. The molecule has 1 aliphatic rings. The van der Waals surface area contributed by atoms with E-state index in [-0.39, 0.29) is 6.04 Å². The standard InChI is InChI=1S/C22H22ClN7/c23-18-6-2-1-5-17(18)19-8-7-16-12-26-22(30(16)28-19)27-20-13-25-10-9-21(20)29-11-3-4-15(24)14-29/h1-2,5-10,12-13,15H,3-4,11,14,24H2,(H,26,27)/t15-/m0/s1. The molecule has 4 aromatic rings. The Balaban J connectivity index is 1.51. The highest BCUT2D eigenvalue weighted by molar-refractivity contribution is 6.33. The first-order valence-corrected chi connectivity index (χ1v) is 10.4. The van der Waals surface area contributed by atoms with Gasteiger partial charge in [0, 0.05) is 30.9 Å². The predicted octanol–water partition coefficient (Wildman–Crippen LogP) is 4.12. The molecule has 1 aliphatic heterocycles. The molecule has 1 aromatic carbocycles. The normalized spacial score (nSPS) is 16.7. The van der Waals surface area contributed by atoms with Crippen LogP contribution in [0.5, 0.6) is 0 Å². The van der Waals surface area contributed by atoms with Crippen LogP contribution in [0.25, 0.3) is 16.8 Å². The van der Waals surface area contributed by atoms with Gasteiger partial charge >= 0.3 is 0 Å². The van der Waals surface area contributed by atoms with Gasteiger partial charge in [0.15, 0.2) is 0 Å². The molecule has 1 atom stereocenters. The number of halogens is 1. The molecule has 4 heterocycles. The fraction of sp³-hybridized carbons (Fsp3) is 0.227. The van der Waals surface area contributed by atoms with Crippen molar-refractivity contribution in [2.24, 2.45) is 5.73 Å². The van der Waals surface area contributed by atoms with Crippen molar-refractivity contribution in [3.63, 3.8) is 0 Å². The minimum atomic E-state index is 0.187. The molecule has 0 saturated carbocycles. The average molecular weight is 420 g/mol. The molecule has 8 heteroatoms. The second kappa shape index (κ2) is 7.93. The molecule has 0 unspecified atom stereocenters. The van der Waals surface area contributed by atoms with Crippen LogP contribution in [-0.2, 0) is 0 Å². The molecule has 152 valence electrons. The molecular weight excluding hydrogens is 398 g/mol. The number of rotatable bonds is 4. The van der Waals surface area contributed by atoms with Crippen LogP contribution in [0.15, 0.2) is 61.1 Å². The third kappa shape index (κ3) is 3.58. The highest BCUT2D eigenvalue weighted by Gasteiger charge is 2.20. The summed E-state index contributed by atoms with van der Waals surface area (Å²) >= 11 is 6.37. The maximum absolute atomic E-state index is 6.37. The van der Waals surface area contributed by atoms with E-state index in [0.717, 1.165) is 54.1 Å². The van der Waals surface area contributed by atoms with E-state index in [4.69, 9.17) is 22.4 Å². The molecule has 0 spiro atoms. The van der Waals surface area contributed by atoms with Gasteiger partial charge in [0.2, 0.25) is 5.95 Å². The number of piperidine rings is 1. The fourth-order valence-electron chi connectivity index (χ4n) is 3.89. The topological polar surface area (TPSA) is 84.4 Å². The Labute approximate surface area is 179 Å². The lowest BCUT2D eigenvalue weighted by Gasteiger charge is -2.33. The van der Waals surface area contributed by atoms with Gasteiger partial charge in [0.05, 0.1) is 40.0 Å². The summed E-state index contributed by atoms with van der Waals surface area (Å²) in [5.74, 6) is 0.620. The van der Waals surface area contributed by atoms with Crippen molar-refractivity contribution in [2.75, 3.05) is 23.3 Å². The summed E-state index contributed by atoms with van der Waals surface area (Å²) in [5.41, 5.74) is 10.7. The molecule has 0 radical (unpaired) electrons. The summed E-state index contributed by atoms with van der Waals surface area (Å²) in [5, 5.41) is 8.84. The van der Waals surface area contributed by atoms with E-state index in [9.17, 15) is 0 Å². The zero-order chi connectivity index (χ0) is 20.5. The number of anilines is 3. The van der Waals surface area contributed by atoms with Gasteiger partial charge in [-0.1, -0.05) is 29.8 Å². The number of pyridine rings is 1. The number of fused-ring (bicyclic) bond motifs is 1. The summed E-state index contributed by atoms with van der Waals surface area (Å²) in [6.07, 6.45) is 7.55. The third-order valence-electron chi connectivity index (χ3n) is 5.38. The van der Waals surface area contributed by atoms with Crippen molar-refractivity contribution in [3.05, 3.63) is 66.1 Å². The van der Waals surface area contributed by atoms with Crippen molar-refractivity contribution < 1.29 is 0 Å². The monoisotopic (exact) mass is 419 g/mol. The molecule has 1 saturated heterocycles. The van der Waals surface area contributed by atoms with Crippen LogP contribution in [0.3, 0.4) is 0 Å². The zero-order valence-corrected chi connectivity index (χ0v) is 17.1. The van der Waals surface area contributed by atoms with Gasteiger partial charge in [0.25, 0.3) is 0 Å². The van der Waals surface area contributed by atoms with Crippen molar-refractivity contribution in [2.45, 2.75) is 18.9 Å². The lowest BCUT2D eigenvalue weighted by atomic mass is 10.1. The van der Waals surface area contributed by atoms with Gasteiger partial charge in [-0.3, -0.25) is 4.98 Å². The zero-order valence-electron chi connectivity index (χ0n) is 16.4. The third-order valence-corrected chi connectivity index (χ3v) is 5.71. The Morgan fingerprint density at radius 3 is 2.87 bits per heavy atom. The van der Waals surface area contributed by atoms with Crippen molar-refractivity contribution in [1.82, 2.24) is 19.6 Å². The Hall–Kier alpha value is -3.16. The van der Waals surface area contributed by atoms with Crippen LogP contribution < -0.4 is 16.0 Å². The smallest absolute Gasteiger partial charge is 0.229 e. The summed E-state index contributed by atoms with van der Waals surface area (Å²) in [4.78, 5) is 11.1. The predicted molar refractivity (Wildman–Crippen MR) is 120 cm³/mol. The van der Waals surface area contributed by atoms with E-state index < -0.39 is 0 Å². The van der Waals surface area contributed by atoms with Crippen molar-refractivity contribution in [1.29, 1.82) is 0 Å². The Morgan fingerprint density at radius 2 is 2.00 bits per heavy atom. The van der Waals surface area contributed by atoms with Gasteiger partial charge in [0.1, 0.15) is 0 Å². The van der Waals surface area contributed by atoms with Crippen LogP contribution in [0.2, 0.25) is 5.02 Å². The molecule has 5 rings (SSSR count). The van der Waals surface area contributed by atoms with Gasteiger partial charge in [-0.15, -0.1) is 0 Å². The number of nitrogens with two attached hydrogens (primary N) is 1. The van der Waals surface area contributed by atoms with Crippen molar-refractivity contribution >= 4 is 34.4 Å². The minimum absolute atomic E-state index is 0.187. The van der Waals surface area contributed by atoms with Crippen LogP contribution in [0.4, 0.5) is 17.3 Å². The van der Waals surface area contributed by atoms with Crippen LogP contribution in [0.1, 0.15) is 12.8 Å². The maximum Gasteiger partial charge on any atom is 0.229 e. The maximum atomic E-state index is 6.37. The van der Waals surface area contributed by atoms with E-state index in [1.807, 2.05) is 48.7 Å². The van der Waals surface area contributed by atoms with Gasteiger partial charge in [-0.2, -0.15) is 9.61 Å². The molecule has 0 bridgehead atoms. The number of benzene rings is 1. The lowest BCUT2D eigenvalue weighted by molar-refractivity contribution is 0.506. The minimum Gasteiger partial charge on any atom is -0.368 e. The van der Waals surface area contributed by atoms with Crippen LogP contribution >= 0.6 is 11.6 Å². The number of nitrogens with one attached hydrogen (secondary N) is 1. The summed E-state index contributed by atoms with van der Waals surface area (Å²) in [7, 11) is 0. The number of hydrogen-bond donors (Lipinski definition) is 2. The molecule has 1 fully saturated rings. The fourth-order valence-corrected chi connectivity index (χ4v) is 4.12. The van der Waals surface area contributed by atoms with E-state index in [2.05, 4.69) is 20.2 Å². The molecule has 3 aromatic heterocycles. The second-order valence-corrected chi connectivity index (χ2v) is 7.89. The SMILES string of the molecule is N[C@H]1CCCN(c2ccncc2Nc2ncc3ccc(-c4ccccc4Cl)nn23)C1. The molecule has 0 aliphatic carbocycles. The van der Waals surface area contributed by atoms with E-state index in [1.54, 1.807) is 16.9 Å². The summed E-state index contributed by atoms with van der Waals surface area (Å²) in [6.45, 7) is 1.81. The first kappa shape index (κ1) is 18.8. The molecule has 3 N–H and O–H groups in total. The van der Waals surface area contributed by atoms with E-state index in [0.29, 0.717) is 11.0 Å². The van der Waals surface area contributed by atoms with E-state index in [1.165, 1.54) is 0 Å². The number of aromatic nitrogens is 4. The first-order chi connectivity index (χ1) is 14.7. The van der Waals surface area contributed by atoms with Gasteiger partial charge in [-0.05, 0) is 37.1 Å². The van der Waals surface area contributed by atoms with Crippen LogP contribution in [-0.4, -0.2) is 38.7 Å². The Bertz CT molecular complexity index is 1190. The highest BCUT2D eigenvalue weighted by Crippen LogP contribution is 2.30. The van der Waals surface area contributed by atoms with E-state index >= 15 is 0 Å². The number of hydrogen-bond acceptors (Lipinski definition) is 6. The summed E-state index contributed by atoms with van der Waals surface area (Å²) < 4.78 is 1.79. The number of nitrogens with zero attached hydrogens (tertiary/aromatic N) is 5. The van der Waals surface area contributed by atoms with Crippen molar-refractivity contribution in [3.8, 4) is 11.3 Å². The second-order valence-electron chi connectivity index (χ2n) is 7.48. The average Bonchev–Trinajstić information content (AvgIpc) is 3.16. The molecule has 30 heavy (non-hydrogen) atoms. The Morgan fingerprint density at radius 1 is 1.10 bits per heavy atom. The number of imidazole rings is 1. The Kier molecular flexibility index (Phi) is 4.98. The molecular formula is C22H22ClN7. The highest BCUT2D eigenvalue weighted by atomic mass is 35.5. The van der Waals surface area contributed by atoms with Gasteiger partial charge < -0.3 is 16.0 Å². The van der Waals surface area contributed by atoms with Crippen LogP contribution in [0, 0.1) is 0 Å². The molecule has 7 nitrogen and oxygen atoms in total. The van der Waals surface area contributed by atoms with Gasteiger partial charge in [-0.25, -0.2) is 4.98 Å². The molecule has 0 amide bonds. The lowest BCUT2D eigenvalue weighted by Crippen LogP contribution is -2.43. The largest absolute Gasteiger partial charge is 0.368 e. The quantitative estimate of drug-likeness (QED) is 0.517.